The molecule has 1 aliphatic rings. The molecule has 162 valence electrons. The smallest absolute Gasteiger partial charge is 0.255 e. The van der Waals surface area contributed by atoms with Gasteiger partial charge in [-0.3, -0.25) is 4.79 Å². The van der Waals surface area contributed by atoms with Crippen LogP contribution in [0.25, 0.3) is 10.9 Å². The summed E-state index contributed by atoms with van der Waals surface area (Å²) in [6.45, 7) is 3.78. The highest BCUT2D eigenvalue weighted by Crippen LogP contribution is 2.34. The number of hydrogen-bond donors (Lipinski definition) is 2. The van der Waals surface area contributed by atoms with E-state index in [1.54, 1.807) is 0 Å². The summed E-state index contributed by atoms with van der Waals surface area (Å²) in [4.78, 5) is 20.0. The molecule has 1 fully saturated rings. The number of carbonyl (C=O) groups is 1. The van der Waals surface area contributed by atoms with Crippen LogP contribution in [-0.2, 0) is 20.9 Å². The Labute approximate surface area is 181 Å². The zero-order valence-electron chi connectivity index (χ0n) is 17.6. The second kappa shape index (κ2) is 8.50. The quantitative estimate of drug-likeness (QED) is 0.580. The molecule has 1 saturated heterocycles. The lowest BCUT2D eigenvalue weighted by Crippen LogP contribution is -2.22. The fourth-order valence-corrected chi connectivity index (χ4v) is 4.94. The molecule has 0 bridgehead atoms. The molecule has 0 aliphatic carbocycles. The van der Waals surface area contributed by atoms with Gasteiger partial charge in [-0.1, -0.05) is 13.0 Å². The second-order valence-corrected chi connectivity index (χ2v) is 10.1. The summed E-state index contributed by atoms with van der Waals surface area (Å²) in [5.74, 6) is 1.90. The Morgan fingerprint density at radius 1 is 1.26 bits per heavy atom. The predicted molar refractivity (Wildman–Crippen MR) is 123 cm³/mol. The lowest BCUT2D eigenvalue weighted by Gasteiger charge is -2.18. The van der Waals surface area contributed by atoms with Crippen molar-refractivity contribution in [2.24, 2.45) is 10.1 Å². The maximum Gasteiger partial charge on any atom is 0.255 e. The summed E-state index contributed by atoms with van der Waals surface area (Å²) in [7, 11) is -2.10. The van der Waals surface area contributed by atoms with Crippen LogP contribution in [0.1, 0.15) is 24.5 Å². The van der Waals surface area contributed by atoms with Gasteiger partial charge in [-0.2, -0.15) is 4.36 Å². The fourth-order valence-electron chi connectivity index (χ4n) is 3.48. The Hall–Kier alpha value is -3.20. The number of aromatic nitrogens is 2. The Balaban J connectivity index is 1.73. The van der Waals surface area contributed by atoms with Crippen molar-refractivity contribution < 1.29 is 13.7 Å². The summed E-state index contributed by atoms with van der Waals surface area (Å²) >= 11 is 0. The van der Waals surface area contributed by atoms with Crippen LogP contribution in [0.2, 0.25) is 0 Å². The lowest BCUT2D eigenvalue weighted by molar-refractivity contribution is -0.119. The van der Waals surface area contributed by atoms with Crippen molar-refractivity contribution in [3.05, 3.63) is 47.8 Å². The van der Waals surface area contributed by atoms with E-state index in [4.69, 9.17) is 10.5 Å². The summed E-state index contributed by atoms with van der Waals surface area (Å²) < 4.78 is 22.6. The average molecular weight is 440 g/mol. The molecule has 0 saturated carbocycles. The Morgan fingerprint density at radius 2 is 2.06 bits per heavy atom. The van der Waals surface area contributed by atoms with Gasteiger partial charge in [-0.05, 0) is 55.2 Å². The highest BCUT2D eigenvalue weighted by molar-refractivity contribution is 7.95. The average Bonchev–Trinajstić information content (AvgIpc) is 2.71. The van der Waals surface area contributed by atoms with Crippen molar-refractivity contribution in [3.8, 4) is 5.75 Å². The van der Waals surface area contributed by atoms with Crippen LogP contribution in [0.15, 0.2) is 41.0 Å². The van der Waals surface area contributed by atoms with Gasteiger partial charge >= 0.3 is 0 Å². The lowest BCUT2D eigenvalue weighted by atomic mass is 10.1. The molecule has 1 aliphatic heterocycles. The molecule has 3 aromatic rings. The number of nitrogens with one attached hydrogen (secondary N) is 1. The van der Waals surface area contributed by atoms with Gasteiger partial charge in [0.25, 0.3) is 5.91 Å². The zero-order valence-corrected chi connectivity index (χ0v) is 18.4. The molecule has 2 heterocycles. The predicted octanol–water partition coefficient (Wildman–Crippen LogP) is 3.61. The standard InChI is InChI=1S/C22H25N5O3S/c1-3-15-5-6-17(19(10-15)30-12-20(23)28)26-22-21-14(2)9-16(11-18(21)24-13-25-22)27-31(29)7-4-8-31/h5-6,9-11,13H,3-4,7-8,12H2,1-2H3,(H2,23,28)(H,24,25,26). The first-order chi connectivity index (χ1) is 14.9. The van der Waals surface area contributed by atoms with Crippen LogP contribution >= 0.6 is 0 Å². The molecule has 4 rings (SSSR count). The van der Waals surface area contributed by atoms with Gasteiger partial charge < -0.3 is 15.8 Å². The van der Waals surface area contributed by atoms with Crippen molar-refractivity contribution in [2.75, 3.05) is 23.4 Å². The molecule has 1 aromatic heterocycles. The Kier molecular flexibility index (Phi) is 5.77. The molecule has 0 atom stereocenters. The maximum atomic E-state index is 12.5. The number of amides is 1. The first-order valence-electron chi connectivity index (χ1n) is 10.2. The third kappa shape index (κ3) is 4.61. The van der Waals surface area contributed by atoms with Crippen LogP contribution in [0, 0.1) is 6.92 Å². The van der Waals surface area contributed by atoms with E-state index < -0.39 is 15.6 Å². The summed E-state index contributed by atoms with van der Waals surface area (Å²) in [6, 6.07) is 9.51. The van der Waals surface area contributed by atoms with E-state index >= 15 is 0 Å². The van der Waals surface area contributed by atoms with Gasteiger partial charge in [-0.15, -0.1) is 0 Å². The molecule has 31 heavy (non-hydrogen) atoms. The van der Waals surface area contributed by atoms with Crippen LogP contribution in [-0.4, -0.2) is 38.2 Å². The number of nitrogens with two attached hydrogens (primary N) is 1. The van der Waals surface area contributed by atoms with Gasteiger partial charge in [0, 0.05) is 16.9 Å². The number of nitrogens with zero attached hydrogens (tertiary/aromatic N) is 3. The minimum Gasteiger partial charge on any atom is -0.482 e. The molecule has 1 amide bonds. The van der Waals surface area contributed by atoms with E-state index in [2.05, 4.69) is 19.6 Å². The number of aryl methyl sites for hydroxylation is 2. The number of rotatable bonds is 7. The first kappa shape index (κ1) is 21.0. The fraction of sp³-hybridized carbons (Fsp3) is 0.318. The minimum absolute atomic E-state index is 0.213. The SMILES string of the molecule is CCc1ccc(Nc2ncnc3cc(N=S4(=O)CCC4)cc(C)c23)c(OCC(N)=O)c1. The summed E-state index contributed by atoms with van der Waals surface area (Å²) in [5, 5.41) is 4.14. The van der Waals surface area contributed by atoms with E-state index in [0.717, 1.165) is 29.4 Å². The number of carbonyl (C=O) groups excluding carboxylic acids is 1. The monoisotopic (exact) mass is 439 g/mol. The van der Waals surface area contributed by atoms with Crippen molar-refractivity contribution in [3.63, 3.8) is 0 Å². The van der Waals surface area contributed by atoms with E-state index in [9.17, 15) is 9.00 Å². The third-order valence-electron chi connectivity index (χ3n) is 5.20. The normalized spacial score (nSPS) is 14.6. The third-order valence-corrected chi connectivity index (χ3v) is 7.59. The number of benzene rings is 2. The van der Waals surface area contributed by atoms with Crippen molar-refractivity contribution >= 4 is 43.7 Å². The minimum atomic E-state index is -2.10. The maximum absolute atomic E-state index is 12.5. The van der Waals surface area contributed by atoms with Gasteiger partial charge in [0.2, 0.25) is 0 Å². The van der Waals surface area contributed by atoms with E-state index in [-0.39, 0.29) is 6.61 Å². The van der Waals surface area contributed by atoms with Gasteiger partial charge in [0.15, 0.2) is 6.61 Å². The Morgan fingerprint density at radius 3 is 2.74 bits per heavy atom. The number of ether oxygens (including phenoxy) is 1. The van der Waals surface area contributed by atoms with E-state index in [0.29, 0.717) is 40.0 Å². The molecule has 3 N–H and O–H groups in total. The number of fused-ring (bicyclic) bond motifs is 1. The highest BCUT2D eigenvalue weighted by Gasteiger charge is 2.20. The summed E-state index contributed by atoms with van der Waals surface area (Å²) in [5.41, 5.74) is 9.30. The number of hydrogen-bond acceptors (Lipinski definition) is 7. The Bertz CT molecular complexity index is 1270. The van der Waals surface area contributed by atoms with E-state index in [1.165, 1.54) is 6.33 Å². The number of primary amides is 1. The van der Waals surface area contributed by atoms with Crippen molar-refractivity contribution in [1.29, 1.82) is 0 Å². The summed E-state index contributed by atoms with van der Waals surface area (Å²) in [6.07, 6.45) is 3.27. The molecule has 0 spiro atoms. The molecule has 2 aromatic carbocycles. The zero-order chi connectivity index (χ0) is 22.0. The molecular formula is C22H25N5O3S. The van der Waals surface area contributed by atoms with Gasteiger partial charge in [-0.25, -0.2) is 14.2 Å². The first-order valence-corrected chi connectivity index (χ1v) is 12.0. The van der Waals surface area contributed by atoms with Crippen molar-refractivity contribution in [1.82, 2.24) is 9.97 Å². The van der Waals surface area contributed by atoms with E-state index in [1.807, 2.05) is 44.2 Å². The largest absolute Gasteiger partial charge is 0.482 e. The van der Waals surface area contributed by atoms with Gasteiger partial charge in [0.1, 0.15) is 17.9 Å². The van der Waals surface area contributed by atoms with Crippen LogP contribution in [0.4, 0.5) is 17.2 Å². The highest BCUT2D eigenvalue weighted by atomic mass is 32.2. The topological polar surface area (TPSA) is 120 Å². The molecule has 8 nitrogen and oxygen atoms in total. The van der Waals surface area contributed by atoms with Gasteiger partial charge in [0.05, 0.1) is 26.6 Å². The second-order valence-electron chi connectivity index (χ2n) is 7.57. The molecule has 0 radical (unpaired) electrons. The van der Waals surface area contributed by atoms with Crippen LogP contribution in [0.5, 0.6) is 5.75 Å². The number of anilines is 2. The molecule has 9 heteroatoms. The van der Waals surface area contributed by atoms with Crippen molar-refractivity contribution in [2.45, 2.75) is 26.7 Å². The molecule has 0 unspecified atom stereocenters. The van der Waals surface area contributed by atoms with Crippen LogP contribution in [0.3, 0.4) is 0 Å². The van der Waals surface area contributed by atoms with Crippen LogP contribution < -0.4 is 15.8 Å². The molecular weight excluding hydrogens is 414 g/mol.